The summed E-state index contributed by atoms with van der Waals surface area (Å²) in [7, 11) is 0. The number of hydrogen-bond acceptors (Lipinski definition) is 7. The van der Waals surface area contributed by atoms with Crippen LogP contribution in [-0.4, -0.2) is 26.0 Å². The minimum Gasteiger partial charge on any atom is -0.384 e. The summed E-state index contributed by atoms with van der Waals surface area (Å²) in [5, 5.41) is 30.0. The van der Waals surface area contributed by atoms with Gasteiger partial charge >= 0.3 is 5.82 Å². The van der Waals surface area contributed by atoms with E-state index in [-0.39, 0.29) is 18.2 Å². The van der Waals surface area contributed by atoms with Crippen LogP contribution in [0.15, 0.2) is 28.4 Å². The maximum Gasteiger partial charge on any atom is 0.372 e. The first kappa shape index (κ1) is 14.0. The van der Waals surface area contributed by atoms with Crippen molar-refractivity contribution in [3.63, 3.8) is 0 Å². The van der Waals surface area contributed by atoms with Crippen molar-refractivity contribution in [2.75, 3.05) is 11.9 Å². The zero-order chi connectivity index (χ0) is 15.0. The standard InChI is InChI=1S/C12H12N4O3S2/c1-12(17,8-2-4-20-6-8)7-13-9-10(16(18)19)15-3-5-21-11(15)14-9/h2-6,13,17H,7H2,1H3. The number of anilines is 1. The molecule has 0 fully saturated rings. The minimum atomic E-state index is -1.12. The van der Waals surface area contributed by atoms with Gasteiger partial charge in [-0.2, -0.15) is 20.7 Å². The molecule has 1 unspecified atom stereocenters. The molecule has 9 heteroatoms. The number of rotatable bonds is 5. The van der Waals surface area contributed by atoms with Gasteiger partial charge in [0.25, 0.3) is 4.96 Å². The van der Waals surface area contributed by atoms with Crippen molar-refractivity contribution in [3.8, 4) is 0 Å². The van der Waals surface area contributed by atoms with Crippen LogP contribution in [0.1, 0.15) is 12.5 Å². The molecule has 0 radical (unpaired) electrons. The van der Waals surface area contributed by atoms with Gasteiger partial charge in [0.05, 0.1) is 0 Å². The van der Waals surface area contributed by atoms with Gasteiger partial charge < -0.3 is 20.5 Å². The number of nitrogens with one attached hydrogen (secondary N) is 1. The molecule has 0 saturated heterocycles. The van der Waals surface area contributed by atoms with E-state index in [2.05, 4.69) is 10.3 Å². The van der Waals surface area contributed by atoms with Crippen LogP contribution >= 0.6 is 22.7 Å². The van der Waals surface area contributed by atoms with Crippen LogP contribution in [-0.2, 0) is 5.60 Å². The second kappa shape index (κ2) is 5.10. The van der Waals surface area contributed by atoms with E-state index < -0.39 is 10.5 Å². The first-order valence-corrected chi connectivity index (χ1v) is 7.90. The quantitative estimate of drug-likeness (QED) is 0.556. The highest BCUT2D eigenvalue weighted by Gasteiger charge is 2.28. The third-order valence-corrected chi connectivity index (χ3v) is 4.59. The number of imidazole rings is 1. The molecule has 0 amide bonds. The molecule has 7 nitrogen and oxygen atoms in total. The number of hydrogen-bond donors (Lipinski definition) is 2. The lowest BCUT2D eigenvalue weighted by molar-refractivity contribution is -0.389. The van der Waals surface area contributed by atoms with Gasteiger partial charge in [-0.3, -0.25) is 0 Å². The van der Waals surface area contributed by atoms with E-state index in [1.165, 1.54) is 27.1 Å². The van der Waals surface area contributed by atoms with Crippen molar-refractivity contribution in [2.24, 2.45) is 0 Å². The zero-order valence-electron chi connectivity index (χ0n) is 11.0. The number of aliphatic hydroxyl groups is 1. The van der Waals surface area contributed by atoms with E-state index in [4.69, 9.17) is 0 Å². The molecule has 0 aromatic carbocycles. The molecule has 1 atom stereocenters. The van der Waals surface area contributed by atoms with Crippen LogP contribution < -0.4 is 5.32 Å². The van der Waals surface area contributed by atoms with Crippen LogP contribution in [0.2, 0.25) is 0 Å². The van der Waals surface area contributed by atoms with Gasteiger partial charge in [-0.25, -0.2) is 0 Å². The summed E-state index contributed by atoms with van der Waals surface area (Å²) in [6, 6.07) is 1.83. The molecule has 110 valence electrons. The average molecular weight is 324 g/mol. The van der Waals surface area contributed by atoms with Crippen LogP contribution in [0.5, 0.6) is 0 Å². The summed E-state index contributed by atoms with van der Waals surface area (Å²) in [5.74, 6) is 0.0507. The van der Waals surface area contributed by atoms with Crippen molar-refractivity contribution in [3.05, 3.63) is 44.1 Å². The Bertz CT molecular complexity index is 776. The molecule has 3 rings (SSSR count). The largest absolute Gasteiger partial charge is 0.384 e. The average Bonchev–Trinajstić information content (AvgIpc) is 3.12. The Morgan fingerprint density at radius 3 is 3.05 bits per heavy atom. The second-order valence-electron chi connectivity index (χ2n) is 4.74. The van der Waals surface area contributed by atoms with E-state index in [1.807, 2.05) is 16.8 Å². The Balaban J connectivity index is 1.87. The highest BCUT2D eigenvalue weighted by molar-refractivity contribution is 7.15. The summed E-state index contributed by atoms with van der Waals surface area (Å²) < 4.78 is 1.42. The number of thiazole rings is 1. The van der Waals surface area contributed by atoms with E-state index in [0.29, 0.717) is 4.96 Å². The fourth-order valence-electron chi connectivity index (χ4n) is 2.00. The highest BCUT2D eigenvalue weighted by atomic mass is 32.1. The van der Waals surface area contributed by atoms with Crippen LogP contribution in [0.4, 0.5) is 11.6 Å². The van der Waals surface area contributed by atoms with Crippen molar-refractivity contribution in [1.82, 2.24) is 9.38 Å². The molecule has 0 aliphatic carbocycles. The molecule has 3 heterocycles. The lowest BCUT2D eigenvalue weighted by atomic mass is 9.99. The first-order valence-electron chi connectivity index (χ1n) is 6.08. The predicted octanol–water partition coefficient (Wildman–Crippen LogP) is 2.69. The van der Waals surface area contributed by atoms with E-state index >= 15 is 0 Å². The number of thiophene rings is 1. The first-order chi connectivity index (χ1) is 9.99. The summed E-state index contributed by atoms with van der Waals surface area (Å²) in [6.07, 6.45) is 1.60. The normalized spacial score (nSPS) is 14.2. The Morgan fingerprint density at radius 1 is 1.57 bits per heavy atom. The smallest absolute Gasteiger partial charge is 0.372 e. The van der Waals surface area contributed by atoms with Crippen molar-refractivity contribution in [2.45, 2.75) is 12.5 Å². The van der Waals surface area contributed by atoms with Gasteiger partial charge in [-0.15, -0.1) is 0 Å². The van der Waals surface area contributed by atoms with Crippen molar-refractivity contribution < 1.29 is 10.0 Å². The molecular weight excluding hydrogens is 312 g/mol. The molecular formula is C12H12N4O3S2. The third kappa shape index (κ3) is 2.50. The van der Waals surface area contributed by atoms with Crippen LogP contribution in [0.3, 0.4) is 0 Å². The zero-order valence-corrected chi connectivity index (χ0v) is 12.6. The molecule has 0 aliphatic rings. The van der Waals surface area contributed by atoms with Gasteiger partial charge in [-0.05, 0) is 34.2 Å². The van der Waals surface area contributed by atoms with E-state index in [1.54, 1.807) is 18.5 Å². The van der Waals surface area contributed by atoms with Gasteiger partial charge in [0, 0.05) is 11.9 Å². The number of nitrogens with zero attached hydrogens (tertiary/aromatic N) is 3. The molecule has 0 bridgehead atoms. The fraction of sp³-hybridized carbons (Fsp3) is 0.250. The Kier molecular flexibility index (Phi) is 3.40. The monoisotopic (exact) mass is 324 g/mol. The van der Waals surface area contributed by atoms with Crippen molar-refractivity contribution >= 4 is 39.3 Å². The summed E-state index contributed by atoms with van der Waals surface area (Å²) >= 11 is 2.80. The molecule has 0 aliphatic heterocycles. The maximum absolute atomic E-state index is 11.2. The lowest BCUT2D eigenvalue weighted by Crippen LogP contribution is -2.30. The molecule has 3 aromatic heterocycles. The maximum atomic E-state index is 11.2. The van der Waals surface area contributed by atoms with Gasteiger partial charge in [-0.1, -0.05) is 11.3 Å². The third-order valence-electron chi connectivity index (χ3n) is 3.15. The molecule has 2 N–H and O–H groups in total. The molecule has 0 saturated carbocycles. The fourth-order valence-corrected chi connectivity index (χ4v) is 3.49. The van der Waals surface area contributed by atoms with Gasteiger partial charge in [0.2, 0.25) is 5.82 Å². The molecule has 0 spiro atoms. The number of fused-ring (bicyclic) bond motifs is 1. The Labute approximate surface area is 127 Å². The summed E-state index contributed by atoms with van der Waals surface area (Å²) in [4.78, 5) is 15.5. The van der Waals surface area contributed by atoms with Gasteiger partial charge in [0.1, 0.15) is 11.8 Å². The van der Waals surface area contributed by atoms with E-state index in [9.17, 15) is 15.2 Å². The topological polar surface area (TPSA) is 92.7 Å². The number of nitro groups is 1. The highest BCUT2D eigenvalue weighted by Crippen LogP contribution is 2.30. The minimum absolute atomic E-state index is 0.118. The molecule has 3 aromatic rings. The Morgan fingerprint density at radius 2 is 2.38 bits per heavy atom. The SMILES string of the molecule is CC(O)(CNc1nc2sccn2c1[N+](=O)[O-])c1ccsc1. The predicted molar refractivity (Wildman–Crippen MR) is 82.1 cm³/mol. The number of aromatic nitrogens is 2. The molecule has 21 heavy (non-hydrogen) atoms. The van der Waals surface area contributed by atoms with Gasteiger partial charge in [0.15, 0.2) is 0 Å². The second-order valence-corrected chi connectivity index (χ2v) is 6.39. The van der Waals surface area contributed by atoms with Crippen LogP contribution in [0.25, 0.3) is 4.96 Å². The lowest BCUT2D eigenvalue weighted by Gasteiger charge is -2.22. The Hall–Kier alpha value is -1.97. The van der Waals surface area contributed by atoms with E-state index in [0.717, 1.165) is 5.56 Å². The summed E-state index contributed by atoms with van der Waals surface area (Å²) in [6.45, 7) is 1.79. The van der Waals surface area contributed by atoms with Crippen LogP contribution in [0, 0.1) is 10.1 Å². The van der Waals surface area contributed by atoms with Crippen molar-refractivity contribution in [1.29, 1.82) is 0 Å². The summed E-state index contributed by atoms with van der Waals surface area (Å²) in [5.41, 5.74) is -0.353.